The van der Waals surface area contributed by atoms with Crippen molar-refractivity contribution in [2.75, 3.05) is 0 Å². The molecule has 1 atom stereocenters. The van der Waals surface area contributed by atoms with Gasteiger partial charge in [-0.1, -0.05) is 62.2 Å². The molecule has 180 valence electrons. The number of hydrogen-bond donors (Lipinski definition) is 1. The Bertz CT molecular complexity index is 1220. The number of aromatic nitrogens is 1. The normalized spacial score (nSPS) is 11.8. The summed E-state index contributed by atoms with van der Waals surface area (Å²) >= 11 is 0. The Balaban J connectivity index is 1.50. The molecule has 4 rings (SSSR count). The van der Waals surface area contributed by atoms with E-state index in [0.29, 0.717) is 12.2 Å². The second kappa shape index (κ2) is 11.6. The summed E-state index contributed by atoms with van der Waals surface area (Å²) in [5, 5.41) is 9.65. The predicted octanol–water partition coefficient (Wildman–Crippen LogP) is 7.26. The van der Waals surface area contributed by atoms with Crippen LogP contribution >= 0.6 is 0 Å². The van der Waals surface area contributed by atoms with Crippen molar-refractivity contribution in [2.24, 2.45) is 0 Å². The van der Waals surface area contributed by atoms with Crippen LogP contribution in [0.25, 0.3) is 16.9 Å². The highest BCUT2D eigenvalue weighted by atomic mass is 16.5. The molecule has 0 saturated heterocycles. The van der Waals surface area contributed by atoms with E-state index in [4.69, 9.17) is 4.74 Å². The number of carboxylic acid groups (broad SMARTS) is 1. The van der Waals surface area contributed by atoms with Crippen molar-refractivity contribution in [3.05, 3.63) is 108 Å². The zero-order valence-corrected chi connectivity index (χ0v) is 20.5. The summed E-state index contributed by atoms with van der Waals surface area (Å²) in [4.78, 5) is 11.8. The van der Waals surface area contributed by atoms with Gasteiger partial charge in [0.1, 0.15) is 5.75 Å². The third-order valence-electron chi connectivity index (χ3n) is 6.31. The molecule has 0 radical (unpaired) electrons. The van der Waals surface area contributed by atoms with Crippen molar-refractivity contribution in [1.29, 1.82) is 0 Å². The van der Waals surface area contributed by atoms with Gasteiger partial charge in [-0.2, -0.15) is 0 Å². The fourth-order valence-electron chi connectivity index (χ4n) is 4.37. The van der Waals surface area contributed by atoms with Crippen molar-refractivity contribution in [1.82, 2.24) is 4.57 Å². The smallest absolute Gasteiger partial charge is 0.345 e. The average molecular weight is 468 g/mol. The van der Waals surface area contributed by atoms with Gasteiger partial charge in [-0.3, -0.25) is 0 Å². The molecule has 3 aromatic carbocycles. The summed E-state index contributed by atoms with van der Waals surface area (Å²) in [7, 11) is 0. The molecular formula is C31H33NO3. The highest BCUT2D eigenvalue weighted by Crippen LogP contribution is 2.29. The van der Waals surface area contributed by atoms with Gasteiger partial charge in [0.2, 0.25) is 0 Å². The van der Waals surface area contributed by atoms with Crippen molar-refractivity contribution in [3.8, 4) is 22.7 Å². The second-order valence-electron chi connectivity index (χ2n) is 8.98. The lowest BCUT2D eigenvalue weighted by molar-refractivity contribution is -0.145. The number of ether oxygens (including phenoxy) is 1. The SMILES string of the molecule is CCCCCc1ccc(-n2c(C)ccc2-c2ccc(O[C@H](Cc3ccccc3)C(=O)O)cc2)cc1. The molecule has 4 heteroatoms. The van der Waals surface area contributed by atoms with Crippen molar-refractivity contribution < 1.29 is 14.6 Å². The average Bonchev–Trinajstić information content (AvgIpc) is 3.26. The van der Waals surface area contributed by atoms with Gasteiger partial charge in [-0.15, -0.1) is 0 Å². The van der Waals surface area contributed by atoms with Gasteiger partial charge in [0.15, 0.2) is 6.10 Å². The molecule has 0 aliphatic heterocycles. The first-order chi connectivity index (χ1) is 17.0. The summed E-state index contributed by atoms with van der Waals surface area (Å²) in [5.41, 5.74) is 6.74. The Morgan fingerprint density at radius 3 is 2.23 bits per heavy atom. The molecule has 4 aromatic rings. The fourth-order valence-corrected chi connectivity index (χ4v) is 4.37. The van der Waals surface area contributed by atoms with Gasteiger partial charge in [-0.25, -0.2) is 4.79 Å². The Kier molecular flexibility index (Phi) is 8.04. The van der Waals surface area contributed by atoms with Crippen LogP contribution in [0, 0.1) is 6.92 Å². The lowest BCUT2D eigenvalue weighted by atomic mass is 10.1. The van der Waals surface area contributed by atoms with Crippen LogP contribution in [0.2, 0.25) is 0 Å². The first kappa shape index (κ1) is 24.3. The zero-order chi connectivity index (χ0) is 24.6. The molecule has 0 saturated carbocycles. The summed E-state index contributed by atoms with van der Waals surface area (Å²) in [5.74, 6) is -0.427. The molecule has 0 unspecified atom stereocenters. The standard InChI is InChI=1S/C31H33NO3/c1-3-4-6-9-24-13-17-27(18-14-24)32-23(2)12-21-29(32)26-15-19-28(20-16-26)35-30(31(33)34)22-25-10-7-5-8-11-25/h5,7-8,10-21,30H,3-4,6,9,22H2,1-2H3,(H,33,34)/t30-/m1/s1. The van der Waals surface area contributed by atoms with Crippen LogP contribution in [0.4, 0.5) is 0 Å². The first-order valence-electron chi connectivity index (χ1n) is 12.4. The maximum Gasteiger partial charge on any atom is 0.345 e. The number of unbranched alkanes of at least 4 members (excludes halogenated alkanes) is 2. The number of rotatable bonds is 11. The number of nitrogens with zero attached hydrogens (tertiary/aromatic N) is 1. The van der Waals surface area contributed by atoms with Gasteiger partial charge in [0.05, 0.1) is 5.69 Å². The molecular weight excluding hydrogens is 434 g/mol. The van der Waals surface area contributed by atoms with Gasteiger partial charge < -0.3 is 14.4 Å². The van der Waals surface area contributed by atoms with E-state index in [1.54, 1.807) is 0 Å². The fraction of sp³-hybridized carbons (Fsp3) is 0.258. The van der Waals surface area contributed by atoms with E-state index < -0.39 is 12.1 Å². The number of aliphatic carboxylic acids is 1. The Labute approximate surface area is 207 Å². The van der Waals surface area contributed by atoms with Crippen LogP contribution in [0.5, 0.6) is 5.75 Å². The minimum atomic E-state index is -0.972. The maximum absolute atomic E-state index is 11.8. The Morgan fingerprint density at radius 1 is 0.857 bits per heavy atom. The maximum atomic E-state index is 11.8. The lowest BCUT2D eigenvalue weighted by Gasteiger charge is -2.16. The number of carboxylic acids is 1. The van der Waals surface area contributed by atoms with Crippen molar-refractivity contribution in [3.63, 3.8) is 0 Å². The van der Waals surface area contributed by atoms with Gasteiger partial charge in [0.25, 0.3) is 0 Å². The summed E-state index contributed by atoms with van der Waals surface area (Å²) in [6, 6.07) is 30.3. The summed E-state index contributed by atoms with van der Waals surface area (Å²) in [6.45, 7) is 4.34. The van der Waals surface area contributed by atoms with Crippen molar-refractivity contribution in [2.45, 2.75) is 52.1 Å². The van der Waals surface area contributed by atoms with E-state index >= 15 is 0 Å². The molecule has 0 amide bonds. The van der Waals surface area contributed by atoms with Gasteiger partial charge >= 0.3 is 5.97 Å². The number of hydrogen-bond acceptors (Lipinski definition) is 2. The molecule has 0 aliphatic rings. The Hall–Kier alpha value is -3.79. The zero-order valence-electron chi connectivity index (χ0n) is 20.5. The summed E-state index contributed by atoms with van der Waals surface area (Å²) in [6.07, 6.45) is 4.22. The van der Waals surface area contributed by atoms with E-state index in [1.807, 2.05) is 54.6 Å². The number of carbonyl (C=O) groups is 1. The largest absolute Gasteiger partial charge is 0.478 e. The predicted molar refractivity (Wildman–Crippen MR) is 141 cm³/mol. The quantitative estimate of drug-likeness (QED) is 0.236. The van der Waals surface area contributed by atoms with Gasteiger partial charge in [0, 0.05) is 17.8 Å². The molecule has 1 heterocycles. The molecule has 0 fully saturated rings. The van der Waals surface area contributed by atoms with E-state index in [1.165, 1.54) is 24.8 Å². The molecule has 0 bridgehead atoms. The van der Waals surface area contributed by atoms with E-state index in [-0.39, 0.29) is 0 Å². The van der Waals surface area contributed by atoms with Crippen LogP contribution in [0.3, 0.4) is 0 Å². The van der Waals surface area contributed by atoms with E-state index in [2.05, 4.69) is 54.8 Å². The third-order valence-corrected chi connectivity index (χ3v) is 6.31. The molecule has 1 aromatic heterocycles. The minimum absolute atomic E-state index is 0.314. The third kappa shape index (κ3) is 6.21. The Morgan fingerprint density at radius 2 is 1.57 bits per heavy atom. The van der Waals surface area contributed by atoms with Crippen LogP contribution in [-0.2, 0) is 17.6 Å². The molecule has 0 spiro atoms. The van der Waals surface area contributed by atoms with E-state index in [0.717, 1.165) is 34.6 Å². The van der Waals surface area contributed by atoms with Crippen LogP contribution in [-0.4, -0.2) is 21.7 Å². The highest BCUT2D eigenvalue weighted by molar-refractivity contribution is 5.73. The molecule has 1 N–H and O–H groups in total. The summed E-state index contributed by atoms with van der Waals surface area (Å²) < 4.78 is 8.09. The lowest BCUT2D eigenvalue weighted by Crippen LogP contribution is -2.29. The van der Waals surface area contributed by atoms with Gasteiger partial charge in [-0.05, 0) is 85.0 Å². The van der Waals surface area contributed by atoms with Crippen LogP contribution < -0.4 is 4.74 Å². The molecule has 0 aliphatic carbocycles. The topological polar surface area (TPSA) is 51.5 Å². The monoisotopic (exact) mass is 467 g/mol. The number of aryl methyl sites for hydroxylation is 2. The first-order valence-corrected chi connectivity index (χ1v) is 12.4. The molecule has 35 heavy (non-hydrogen) atoms. The van der Waals surface area contributed by atoms with Crippen LogP contribution in [0.1, 0.15) is 43.0 Å². The molecule has 4 nitrogen and oxygen atoms in total. The van der Waals surface area contributed by atoms with E-state index in [9.17, 15) is 9.90 Å². The highest BCUT2D eigenvalue weighted by Gasteiger charge is 2.20. The minimum Gasteiger partial charge on any atom is -0.478 e. The van der Waals surface area contributed by atoms with Crippen molar-refractivity contribution >= 4 is 5.97 Å². The number of benzene rings is 3. The second-order valence-corrected chi connectivity index (χ2v) is 8.98. The van der Waals surface area contributed by atoms with Crippen LogP contribution in [0.15, 0.2) is 91.0 Å².